The number of hydrogen-bond acceptors (Lipinski definition) is 3. The lowest BCUT2D eigenvalue weighted by molar-refractivity contribution is 0.0931. The molecule has 1 aromatic carbocycles. The SMILES string of the molecule is O=C(NC1CCCNC1)c1cn[nH]c1-c1cccc(Cl)c1. The topological polar surface area (TPSA) is 69.8 Å². The van der Waals surface area contributed by atoms with Crippen LogP contribution in [0.1, 0.15) is 23.2 Å². The maximum atomic E-state index is 12.4. The van der Waals surface area contributed by atoms with Crippen molar-refractivity contribution >= 4 is 17.5 Å². The van der Waals surface area contributed by atoms with Gasteiger partial charge in [0.25, 0.3) is 5.91 Å². The van der Waals surface area contributed by atoms with E-state index in [0.29, 0.717) is 16.3 Å². The summed E-state index contributed by atoms with van der Waals surface area (Å²) in [5, 5.41) is 13.8. The summed E-state index contributed by atoms with van der Waals surface area (Å²) in [5.41, 5.74) is 2.09. The number of rotatable bonds is 3. The smallest absolute Gasteiger partial charge is 0.255 e. The number of halogens is 1. The van der Waals surface area contributed by atoms with E-state index in [4.69, 9.17) is 11.6 Å². The number of aromatic amines is 1. The van der Waals surface area contributed by atoms with Gasteiger partial charge in [0.15, 0.2) is 0 Å². The summed E-state index contributed by atoms with van der Waals surface area (Å²) in [4.78, 5) is 12.4. The molecule has 1 unspecified atom stereocenters. The number of nitrogens with one attached hydrogen (secondary N) is 3. The predicted molar refractivity (Wildman–Crippen MR) is 82.4 cm³/mol. The molecule has 1 aromatic heterocycles. The van der Waals surface area contributed by atoms with Crippen LogP contribution in [0.25, 0.3) is 11.3 Å². The monoisotopic (exact) mass is 304 g/mol. The fourth-order valence-corrected chi connectivity index (χ4v) is 2.75. The molecule has 2 aromatic rings. The first kappa shape index (κ1) is 14.1. The predicted octanol–water partition coefficient (Wildman–Crippen LogP) is 2.21. The molecular weight excluding hydrogens is 288 g/mol. The Bertz CT molecular complexity index is 634. The quantitative estimate of drug-likeness (QED) is 0.814. The van der Waals surface area contributed by atoms with E-state index in [1.54, 1.807) is 12.3 Å². The van der Waals surface area contributed by atoms with Gasteiger partial charge < -0.3 is 10.6 Å². The largest absolute Gasteiger partial charge is 0.348 e. The third kappa shape index (κ3) is 3.25. The lowest BCUT2D eigenvalue weighted by Crippen LogP contribution is -2.45. The molecular formula is C15H17ClN4O. The molecule has 1 aliphatic rings. The summed E-state index contributed by atoms with van der Waals surface area (Å²) in [5.74, 6) is -0.104. The number of carbonyl (C=O) groups excluding carboxylic acids is 1. The maximum Gasteiger partial charge on any atom is 0.255 e. The molecule has 21 heavy (non-hydrogen) atoms. The van der Waals surface area contributed by atoms with E-state index < -0.39 is 0 Å². The van der Waals surface area contributed by atoms with Gasteiger partial charge in [-0.15, -0.1) is 0 Å². The van der Waals surface area contributed by atoms with E-state index in [-0.39, 0.29) is 11.9 Å². The maximum absolute atomic E-state index is 12.4. The van der Waals surface area contributed by atoms with Gasteiger partial charge in [0.1, 0.15) is 0 Å². The van der Waals surface area contributed by atoms with Crippen LogP contribution in [0.2, 0.25) is 5.02 Å². The van der Waals surface area contributed by atoms with Crippen molar-refractivity contribution in [3.05, 3.63) is 41.0 Å². The molecule has 3 rings (SSSR count). The summed E-state index contributed by atoms with van der Waals surface area (Å²) in [6.45, 7) is 1.84. The fraction of sp³-hybridized carbons (Fsp3) is 0.333. The fourth-order valence-electron chi connectivity index (χ4n) is 2.56. The van der Waals surface area contributed by atoms with Gasteiger partial charge in [-0.05, 0) is 31.5 Å². The molecule has 3 N–H and O–H groups in total. The minimum absolute atomic E-state index is 0.104. The Morgan fingerprint density at radius 2 is 2.33 bits per heavy atom. The van der Waals surface area contributed by atoms with Crippen molar-refractivity contribution in [2.45, 2.75) is 18.9 Å². The summed E-state index contributed by atoms with van der Waals surface area (Å²) >= 11 is 6.01. The molecule has 1 aliphatic heterocycles. The summed E-state index contributed by atoms with van der Waals surface area (Å²) < 4.78 is 0. The third-order valence-corrected chi connectivity index (χ3v) is 3.86. The molecule has 0 saturated carbocycles. The van der Waals surface area contributed by atoms with E-state index in [0.717, 1.165) is 31.5 Å². The van der Waals surface area contributed by atoms with Crippen molar-refractivity contribution in [1.29, 1.82) is 0 Å². The Labute approximate surface area is 128 Å². The molecule has 2 heterocycles. The van der Waals surface area contributed by atoms with Crippen molar-refractivity contribution < 1.29 is 4.79 Å². The van der Waals surface area contributed by atoms with Crippen LogP contribution < -0.4 is 10.6 Å². The van der Waals surface area contributed by atoms with Gasteiger partial charge >= 0.3 is 0 Å². The van der Waals surface area contributed by atoms with Crippen molar-refractivity contribution in [2.24, 2.45) is 0 Å². The average Bonchev–Trinajstić information content (AvgIpc) is 2.98. The Morgan fingerprint density at radius 3 is 3.10 bits per heavy atom. The second kappa shape index (κ2) is 6.28. The summed E-state index contributed by atoms with van der Waals surface area (Å²) in [6.07, 6.45) is 3.64. The number of H-pyrrole nitrogens is 1. The van der Waals surface area contributed by atoms with Gasteiger partial charge in [0.2, 0.25) is 0 Å². The lowest BCUT2D eigenvalue weighted by atomic mass is 10.1. The highest BCUT2D eigenvalue weighted by molar-refractivity contribution is 6.30. The van der Waals surface area contributed by atoms with Gasteiger partial charge in [-0.2, -0.15) is 5.10 Å². The van der Waals surface area contributed by atoms with Gasteiger partial charge in [-0.25, -0.2) is 0 Å². The Morgan fingerprint density at radius 1 is 1.43 bits per heavy atom. The van der Waals surface area contributed by atoms with Crippen LogP contribution in [0.3, 0.4) is 0 Å². The first-order valence-electron chi connectivity index (χ1n) is 7.05. The molecule has 1 amide bonds. The second-order valence-corrected chi connectivity index (χ2v) is 5.62. The van der Waals surface area contributed by atoms with Crippen LogP contribution in [0.5, 0.6) is 0 Å². The van der Waals surface area contributed by atoms with Crippen molar-refractivity contribution in [3.8, 4) is 11.3 Å². The molecule has 1 atom stereocenters. The number of amides is 1. The van der Waals surface area contributed by atoms with Gasteiger partial charge in [0, 0.05) is 23.2 Å². The number of benzene rings is 1. The summed E-state index contributed by atoms with van der Waals surface area (Å²) in [6, 6.07) is 7.54. The minimum Gasteiger partial charge on any atom is -0.348 e. The molecule has 0 bridgehead atoms. The van der Waals surface area contributed by atoms with Crippen LogP contribution in [-0.2, 0) is 0 Å². The highest BCUT2D eigenvalue weighted by Crippen LogP contribution is 2.24. The van der Waals surface area contributed by atoms with E-state index in [2.05, 4.69) is 20.8 Å². The summed E-state index contributed by atoms with van der Waals surface area (Å²) in [7, 11) is 0. The van der Waals surface area contributed by atoms with Crippen LogP contribution in [-0.4, -0.2) is 35.2 Å². The normalized spacial score (nSPS) is 18.4. The van der Waals surface area contributed by atoms with Crippen LogP contribution in [0, 0.1) is 0 Å². The van der Waals surface area contributed by atoms with E-state index in [1.165, 1.54) is 0 Å². The molecule has 0 radical (unpaired) electrons. The van der Waals surface area contributed by atoms with Crippen molar-refractivity contribution in [3.63, 3.8) is 0 Å². The average molecular weight is 305 g/mol. The number of carbonyl (C=O) groups is 1. The van der Waals surface area contributed by atoms with E-state index >= 15 is 0 Å². The highest BCUT2D eigenvalue weighted by Gasteiger charge is 2.20. The zero-order chi connectivity index (χ0) is 14.7. The first-order valence-corrected chi connectivity index (χ1v) is 7.43. The lowest BCUT2D eigenvalue weighted by Gasteiger charge is -2.23. The van der Waals surface area contributed by atoms with E-state index in [1.807, 2.05) is 18.2 Å². The van der Waals surface area contributed by atoms with Gasteiger partial charge in [0.05, 0.1) is 17.5 Å². The third-order valence-electron chi connectivity index (χ3n) is 3.63. The molecule has 5 nitrogen and oxygen atoms in total. The zero-order valence-corrected chi connectivity index (χ0v) is 12.3. The molecule has 1 saturated heterocycles. The minimum atomic E-state index is -0.104. The van der Waals surface area contributed by atoms with Crippen molar-refractivity contribution in [2.75, 3.05) is 13.1 Å². The molecule has 0 spiro atoms. The highest BCUT2D eigenvalue weighted by atomic mass is 35.5. The van der Waals surface area contributed by atoms with Crippen LogP contribution in [0.4, 0.5) is 0 Å². The molecule has 0 aliphatic carbocycles. The van der Waals surface area contributed by atoms with Crippen molar-refractivity contribution in [1.82, 2.24) is 20.8 Å². The molecule has 1 fully saturated rings. The zero-order valence-electron chi connectivity index (χ0n) is 11.5. The molecule has 6 heteroatoms. The number of hydrogen-bond donors (Lipinski definition) is 3. The van der Waals surface area contributed by atoms with Crippen LogP contribution >= 0.6 is 11.6 Å². The second-order valence-electron chi connectivity index (χ2n) is 5.19. The Balaban J connectivity index is 1.79. The number of aromatic nitrogens is 2. The first-order chi connectivity index (χ1) is 10.2. The van der Waals surface area contributed by atoms with Gasteiger partial charge in [-0.3, -0.25) is 9.89 Å². The standard InChI is InChI=1S/C15H17ClN4O/c16-11-4-1-3-10(7-11)14-13(9-18-20-14)15(21)19-12-5-2-6-17-8-12/h1,3-4,7,9,12,17H,2,5-6,8H2,(H,18,20)(H,19,21). The molecule has 110 valence electrons. The number of piperidine rings is 1. The Hall–Kier alpha value is -1.85. The van der Waals surface area contributed by atoms with Crippen LogP contribution in [0.15, 0.2) is 30.5 Å². The van der Waals surface area contributed by atoms with E-state index in [9.17, 15) is 4.79 Å². The number of nitrogens with zero attached hydrogens (tertiary/aromatic N) is 1. The Kier molecular flexibility index (Phi) is 4.22. The van der Waals surface area contributed by atoms with Gasteiger partial charge in [-0.1, -0.05) is 23.7 Å².